The zero-order valence-corrected chi connectivity index (χ0v) is 9.15. The van der Waals surface area contributed by atoms with Gasteiger partial charge >= 0.3 is 0 Å². The summed E-state index contributed by atoms with van der Waals surface area (Å²) in [6.45, 7) is 0. The van der Waals surface area contributed by atoms with E-state index < -0.39 is 0 Å². The maximum absolute atomic E-state index is 3.80. The van der Waals surface area contributed by atoms with Gasteiger partial charge in [0.2, 0.25) is 0 Å². The molecule has 2 fully saturated rings. The molecule has 1 nitrogen and oxygen atoms in total. The summed E-state index contributed by atoms with van der Waals surface area (Å²) in [5.74, 6) is 0.985. The summed E-state index contributed by atoms with van der Waals surface area (Å²) in [7, 11) is 0. The van der Waals surface area contributed by atoms with E-state index in [0.29, 0.717) is 0 Å². The van der Waals surface area contributed by atoms with Gasteiger partial charge in [0.1, 0.15) is 0 Å². The first kappa shape index (κ1) is 9.41. The molecule has 1 saturated heterocycles. The Labute approximate surface area is 91.9 Å². The number of hydrogen-bond donors (Lipinski definition) is 1. The Hall–Kier alpha value is -0.820. The van der Waals surface area contributed by atoms with Crippen LogP contribution in [0.1, 0.15) is 31.2 Å². The Kier molecular flexibility index (Phi) is 2.49. The highest BCUT2D eigenvalue weighted by molar-refractivity contribution is 5.16. The van der Waals surface area contributed by atoms with Gasteiger partial charge in [-0.2, -0.15) is 0 Å². The SMILES string of the molecule is c1ccc(C[C@@H]2C[C@H]3CCC[C@H]3N2)cc1. The molecular formula is C14H19N. The maximum Gasteiger partial charge on any atom is 0.0113 e. The monoisotopic (exact) mass is 201 g/mol. The van der Waals surface area contributed by atoms with E-state index in [-0.39, 0.29) is 0 Å². The fourth-order valence-electron chi connectivity index (χ4n) is 3.32. The first-order valence-corrected chi connectivity index (χ1v) is 6.22. The molecule has 2 aliphatic rings. The standard InChI is InChI=1S/C14H19N/c1-2-5-11(6-3-1)9-13-10-12-7-4-8-14(12)15-13/h1-3,5-6,12-15H,4,7-10H2/t12-,13-,14-/m1/s1. The molecule has 80 valence electrons. The highest BCUT2D eigenvalue weighted by Crippen LogP contribution is 2.35. The Morgan fingerprint density at radius 1 is 1.13 bits per heavy atom. The molecule has 1 aromatic rings. The van der Waals surface area contributed by atoms with Gasteiger partial charge in [-0.1, -0.05) is 36.8 Å². The molecule has 0 spiro atoms. The first-order valence-electron chi connectivity index (χ1n) is 6.22. The van der Waals surface area contributed by atoms with E-state index in [1.807, 2.05) is 0 Å². The molecule has 1 aliphatic heterocycles. The van der Waals surface area contributed by atoms with Gasteiger partial charge in [0.25, 0.3) is 0 Å². The number of fused-ring (bicyclic) bond motifs is 1. The van der Waals surface area contributed by atoms with Crippen LogP contribution in [0, 0.1) is 5.92 Å². The third-order valence-corrected chi connectivity index (χ3v) is 4.02. The van der Waals surface area contributed by atoms with E-state index in [1.165, 1.54) is 37.7 Å². The molecule has 0 amide bonds. The molecule has 3 atom stereocenters. The van der Waals surface area contributed by atoms with Crippen LogP contribution in [0.3, 0.4) is 0 Å². The Morgan fingerprint density at radius 2 is 2.00 bits per heavy atom. The van der Waals surface area contributed by atoms with Gasteiger partial charge in [0.15, 0.2) is 0 Å². The third-order valence-electron chi connectivity index (χ3n) is 4.02. The third kappa shape index (κ3) is 1.93. The smallest absolute Gasteiger partial charge is 0.0113 e. The van der Waals surface area contributed by atoms with E-state index >= 15 is 0 Å². The molecule has 1 aromatic carbocycles. The van der Waals surface area contributed by atoms with Gasteiger partial charge in [0.05, 0.1) is 0 Å². The molecule has 1 saturated carbocycles. The van der Waals surface area contributed by atoms with Crippen molar-refractivity contribution < 1.29 is 0 Å². The average Bonchev–Trinajstić information content (AvgIpc) is 2.79. The molecule has 1 heteroatoms. The Bertz CT molecular complexity index is 307. The second-order valence-corrected chi connectivity index (χ2v) is 5.09. The van der Waals surface area contributed by atoms with Crippen LogP contribution in [0.4, 0.5) is 0 Å². The lowest BCUT2D eigenvalue weighted by atomic mass is 9.98. The highest BCUT2D eigenvalue weighted by Gasteiger charge is 2.36. The average molecular weight is 201 g/mol. The van der Waals surface area contributed by atoms with Crippen molar-refractivity contribution in [2.45, 2.75) is 44.2 Å². The summed E-state index contributed by atoms with van der Waals surface area (Å²) in [6.07, 6.45) is 6.94. The van der Waals surface area contributed by atoms with Crippen molar-refractivity contribution in [2.75, 3.05) is 0 Å². The van der Waals surface area contributed by atoms with Crippen LogP contribution in [0.25, 0.3) is 0 Å². The minimum absolute atomic E-state index is 0.739. The van der Waals surface area contributed by atoms with E-state index in [1.54, 1.807) is 0 Å². The van der Waals surface area contributed by atoms with E-state index in [0.717, 1.165) is 18.0 Å². The minimum Gasteiger partial charge on any atom is -0.311 e. The zero-order valence-electron chi connectivity index (χ0n) is 9.15. The molecular weight excluding hydrogens is 182 g/mol. The Balaban J connectivity index is 1.62. The van der Waals surface area contributed by atoms with Crippen LogP contribution in [0.2, 0.25) is 0 Å². The molecule has 0 unspecified atom stereocenters. The van der Waals surface area contributed by atoms with Crippen LogP contribution >= 0.6 is 0 Å². The molecule has 0 radical (unpaired) electrons. The minimum atomic E-state index is 0.739. The normalized spacial score (nSPS) is 34.3. The van der Waals surface area contributed by atoms with Crippen molar-refractivity contribution in [1.29, 1.82) is 0 Å². The topological polar surface area (TPSA) is 12.0 Å². The number of rotatable bonds is 2. The summed E-state index contributed by atoms with van der Waals surface area (Å²) in [5, 5.41) is 3.80. The van der Waals surface area contributed by atoms with Gasteiger partial charge in [-0.05, 0) is 37.2 Å². The number of benzene rings is 1. The maximum atomic E-state index is 3.80. The predicted molar refractivity (Wildman–Crippen MR) is 62.8 cm³/mol. The summed E-state index contributed by atoms with van der Waals surface area (Å²) in [5.41, 5.74) is 1.48. The van der Waals surface area contributed by atoms with Crippen molar-refractivity contribution in [3.8, 4) is 0 Å². The van der Waals surface area contributed by atoms with E-state index in [2.05, 4.69) is 35.6 Å². The molecule has 15 heavy (non-hydrogen) atoms. The molecule has 0 aromatic heterocycles. The second kappa shape index (κ2) is 3.97. The molecule has 0 bridgehead atoms. The lowest BCUT2D eigenvalue weighted by Crippen LogP contribution is -2.30. The van der Waals surface area contributed by atoms with Gasteiger partial charge in [-0.25, -0.2) is 0 Å². The van der Waals surface area contributed by atoms with Crippen LogP contribution in [0.5, 0.6) is 0 Å². The van der Waals surface area contributed by atoms with Crippen LogP contribution < -0.4 is 5.32 Å². The molecule has 1 heterocycles. The van der Waals surface area contributed by atoms with Crippen LogP contribution in [-0.4, -0.2) is 12.1 Å². The van der Waals surface area contributed by atoms with Gasteiger partial charge in [-0.15, -0.1) is 0 Å². The van der Waals surface area contributed by atoms with Crippen LogP contribution in [0.15, 0.2) is 30.3 Å². The Morgan fingerprint density at radius 3 is 2.80 bits per heavy atom. The summed E-state index contributed by atoms with van der Waals surface area (Å²) >= 11 is 0. The van der Waals surface area contributed by atoms with E-state index in [4.69, 9.17) is 0 Å². The van der Waals surface area contributed by atoms with Crippen LogP contribution in [-0.2, 0) is 6.42 Å². The van der Waals surface area contributed by atoms with Gasteiger partial charge < -0.3 is 5.32 Å². The lowest BCUT2D eigenvalue weighted by Gasteiger charge is -2.12. The number of hydrogen-bond acceptors (Lipinski definition) is 1. The summed E-state index contributed by atoms with van der Waals surface area (Å²) in [4.78, 5) is 0. The largest absolute Gasteiger partial charge is 0.311 e. The number of nitrogens with one attached hydrogen (secondary N) is 1. The fourth-order valence-corrected chi connectivity index (χ4v) is 3.32. The zero-order chi connectivity index (χ0) is 10.1. The van der Waals surface area contributed by atoms with E-state index in [9.17, 15) is 0 Å². The fraction of sp³-hybridized carbons (Fsp3) is 0.571. The molecule has 1 aliphatic carbocycles. The molecule has 3 rings (SSSR count). The predicted octanol–water partition coefficient (Wildman–Crippen LogP) is 2.76. The summed E-state index contributed by atoms with van der Waals surface area (Å²) < 4.78 is 0. The quantitative estimate of drug-likeness (QED) is 0.776. The van der Waals surface area contributed by atoms with Crippen molar-refractivity contribution in [2.24, 2.45) is 5.92 Å². The van der Waals surface area contributed by atoms with Gasteiger partial charge in [-0.3, -0.25) is 0 Å². The van der Waals surface area contributed by atoms with Crippen molar-refractivity contribution in [3.05, 3.63) is 35.9 Å². The lowest BCUT2D eigenvalue weighted by molar-refractivity contribution is 0.515. The van der Waals surface area contributed by atoms with Crippen molar-refractivity contribution >= 4 is 0 Å². The van der Waals surface area contributed by atoms with Crippen molar-refractivity contribution in [3.63, 3.8) is 0 Å². The summed E-state index contributed by atoms with van der Waals surface area (Å²) in [6, 6.07) is 12.5. The highest BCUT2D eigenvalue weighted by atomic mass is 15.0. The second-order valence-electron chi connectivity index (χ2n) is 5.09. The van der Waals surface area contributed by atoms with Crippen molar-refractivity contribution in [1.82, 2.24) is 5.32 Å². The van der Waals surface area contributed by atoms with Gasteiger partial charge in [0, 0.05) is 12.1 Å². The molecule has 1 N–H and O–H groups in total. The first-order chi connectivity index (χ1) is 7.42.